The molecule has 0 N–H and O–H groups in total. The summed E-state index contributed by atoms with van der Waals surface area (Å²) in [5.74, 6) is 0. The number of nitrogens with zero attached hydrogens (tertiary/aromatic N) is 2. The van der Waals surface area contributed by atoms with E-state index >= 15 is 0 Å². The van der Waals surface area contributed by atoms with E-state index < -0.39 is 0 Å². The van der Waals surface area contributed by atoms with Gasteiger partial charge in [-0.15, -0.1) is 0 Å². The molecular formula is C72H58N2O. The molecule has 3 heteroatoms. The van der Waals surface area contributed by atoms with Gasteiger partial charge in [-0.3, -0.25) is 0 Å². The highest BCUT2D eigenvalue weighted by atomic mass is 16.3. The number of hydrogen-bond donors (Lipinski definition) is 0. The van der Waals surface area contributed by atoms with E-state index in [0.717, 1.165) is 72.5 Å². The van der Waals surface area contributed by atoms with Crippen molar-refractivity contribution in [3.05, 3.63) is 254 Å². The van der Waals surface area contributed by atoms with Crippen LogP contribution in [0, 0.1) is 0 Å². The zero-order valence-corrected chi connectivity index (χ0v) is 43.4. The lowest BCUT2D eigenvalue weighted by atomic mass is 9.78. The van der Waals surface area contributed by atoms with Gasteiger partial charge in [0, 0.05) is 44.0 Å². The van der Waals surface area contributed by atoms with Gasteiger partial charge in [0.15, 0.2) is 0 Å². The van der Waals surface area contributed by atoms with Crippen LogP contribution in [-0.4, -0.2) is 4.57 Å². The van der Waals surface area contributed by atoms with Gasteiger partial charge >= 0.3 is 0 Å². The van der Waals surface area contributed by atoms with E-state index in [2.05, 4.69) is 288 Å². The Hall–Kier alpha value is -8.92. The molecule has 0 saturated carbocycles. The summed E-state index contributed by atoms with van der Waals surface area (Å²) in [4.78, 5) is 2.48. The average Bonchev–Trinajstić information content (AvgIpc) is 4.02. The molecule has 2 aromatic heterocycles. The Kier molecular flexibility index (Phi) is 11.0. The van der Waals surface area contributed by atoms with E-state index in [1.165, 1.54) is 60.4 Å². The van der Waals surface area contributed by atoms with Crippen molar-refractivity contribution in [2.45, 2.75) is 52.4 Å². The van der Waals surface area contributed by atoms with Crippen molar-refractivity contribution in [1.29, 1.82) is 0 Å². The number of furan rings is 1. The quantitative estimate of drug-likeness (QED) is 0.151. The second-order valence-electron chi connectivity index (χ2n) is 22.2. The Morgan fingerprint density at radius 2 is 0.920 bits per heavy atom. The molecule has 0 radical (unpaired) electrons. The zero-order chi connectivity index (χ0) is 51.0. The number of benzene rings is 11. The molecule has 3 nitrogen and oxygen atoms in total. The highest BCUT2D eigenvalue weighted by molar-refractivity contribution is 6.12. The number of hydrogen-bond acceptors (Lipinski definition) is 2. The molecule has 75 heavy (non-hydrogen) atoms. The number of aromatic nitrogens is 1. The van der Waals surface area contributed by atoms with E-state index in [9.17, 15) is 0 Å². The van der Waals surface area contributed by atoms with Crippen LogP contribution in [0.4, 0.5) is 17.1 Å². The summed E-state index contributed by atoms with van der Waals surface area (Å²) in [5, 5.41) is 7.13. The van der Waals surface area contributed by atoms with Crippen LogP contribution in [0.15, 0.2) is 247 Å². The summed E-state index contributed by atoms with van der Waals surface area (Å²) in [5.41, 5.74) is 20.4. The molecule has 13 rings (SSSR count). The fourth-order valence-corrected chi connectivity index (χ4v) is 11.4. The van der Waals surface area contributed by atoms with Crippen molar-refractivity contribution in [2.24, 2.45) is 0 Å². The Morgan fingerprint density at radius 1 is 0.347 bits per heavy atom. The van der Waals surface area contributed by atoms with Gasteiger partial charge in [-0.2, -0.15) is 0 Å². The van der Waals surface area contributed by atoms with Crippen molar-refractivity contribution < 1.29 is 4.42 Å². The molecule has 0 aliphatic carbocycles. The normalized spacial score (nSPS) is 12.1. The standard InChI is InChI=1S/C72H58N2O/c1-71(2,3)52-41-51(42-53(46-52)72(4,5)6)57-31-19-21-47-22-20-32-62(70(47)57)58-28-11-15-34-65(58)74(64-33-14-10-27-56(64)50-37-39-61-60-30-13-17-36-68(60)75-69(61)45-50)55-26-18-23-48(43-55)49-38-40-67-63(44-49)59-29-12-16-35-66(59)73(67)54-24-8-7-9-25-54/h7-46H,1-6H3. The minimum absolute atomic E-state index is 0.0276. The molecule has 0 bridgehead atoms. The lowest BCUT2D eigenvalue weighted by Crippen LogP contribution is -2.16. The van der Waals surface area contributed by atoms with Crippen molar-refractivity contribution in [3.63, 3.8) is 0 Å². The minimum atomic E-state index is -0.0276. The molecule has 0 saturated heterocycles. The van der Waals surface area contributed by atoms with Gasteiger partial charge in [-0.25, -0.2) is 0 Å². The van der Waals surface area contributed by atoms with Crippen molar-refractivity contribution >= 4 is 71.6 Å². The fraction of sp³-hybridized carbons (Fsp3) is 0.111. The summed E-state index contributed by atoms with van der Waals surface area (Å²) in [7, 11) is 0. The summed E-state index contributed by atoms with van der Waals surface area (Å²) in [6.07, 6.45) is 0. The van der Waals surface area contributed by atoms with E-state index in [4.69, 9.17) is 4.42 Å². The molecular weight excluding hydrogens is 909 g/mol. The molecule has 0 spiro atoms. The largest absolute Gasteiger partial charge is 0.456 e. The van der Waals surface area contributed by atoms with Crippen LogP contribution in [-0.2, 0) is 10.8 Å². The smallest absolute Gasteiger partial charge is 0.136 e. The number of rotatable bonds is 8. The predicted octanol–water partition coefficient (Wildman–Crippen LogP) is 20.6. The first-order valence-corrected chi connectivity index (χ1v) is 26.2. The van der Waals surface area contributed by atoms with Crippen molar-refractivity contribution in [2.75, 3.05) is 4.90 Å². The third-order valence-electron chi connectivity index (χ3n) is 15.3. The van der Waals surface area contributed by atoms with Gasteiger partial charge in [-0.05, 0) is 139 Å². The molecule has 0 amide bonds. The van der Waals surface area contributed by atoms with Crippen LogP contribution in [0.2, 0.25) is 0 Å². The summed E-state index contributed by atoms with van der Waals surface area (Å²) >= 11 is 0. The van der Waals surface area contributed by atoms with E-state index in [1.807, 2.05) is 6.07 Å². The summed E-state index contributed by atoms with van der Waals surface area (Å²) in [6.45, 7) is 13.9. The number of fused-ring (bicyclic) bond motifs is 7. The first-order valence-electron chi connectivity index (χ1n) is 26.2. The second-order valence-corrected chi connectivity index (χ2v) is 22.2. The van der Waals surface area contributed by atoms with Gasteiger partial charge in [-0.1, -0.05) is 211 Å². The maximum atomic E-state index is 6.53. The highest BCUT2D eigenvalue weighted by Crippen LogP contribution is 2.49. The fourth-order valence-electron chi connectivity index (χ4n) is 11.4. The second kappa shape index (κ2) is 17.9. The molecule has 0 fully saturated rings. The predicted molar refractivity (Wildman–Crippen MR) is 319 cm³/mol. The van der Waals surface area contributed by atoms with Gasteiger partial charge in [0.1, 0.15) is 11.2 Å². The first-order chi connectivity index (χ1) is 36.5. The molecule has 2 heterocycles. The van der Waals surface area contributed by atoms with Crippen LogP contribution in [0.25, 0.3) is 105 Å². The van der Waals surface area contributed by atoms with Gasteiger partial charge in [0.2, 0.25) is 0 Å². The minimum Gasteiger partial charge on any atom is -0.456 e. The SMILES string of the molecule is CC(C)(C)c1cc(-c2cccc3cccc(-c4ccccc4N(c4cccc(-c5ccc6c(c5)c5ccccc5n6-c5ccccc5)c4)c4ccccc4-c4ccc5c(c4)oc4ccccc45)c23)cc(C(C)(C)C)c1. The lowest BCUT2D eigenvalue weighted by molar-refractivity contribution is 0.569. The molecule has 0 aliphatic rings. The van der Waals surface area contributed by atoms with Crippen LogP contribution in [0.3, 0.4) is 0 Å². The topological polar surface area (TPSA) is 21.3 Å². The first kappa shape index (κ1) is 45.9. The molecule has 0 aliphatic heterocycles. The number of para-hydroxylation sites is 5. The zero-order valence-electron chi connectivity index (χ0n) is 43.4. The number of anilines is 3. The van der Waals surface area contributed by atoms with Gasteiger partial charge < -0.3 is 13.9 Å². The Morgan fingerprint density at radius 3 is 1.68 bits per heavy atom. The molecule has 11 aromatic carbocycles. The van der Waals surface area contributed by atoms with Gasteiger partial charge in [0.05, 0.1) is 22.4 Å². The average molecular weight is 967 g/mol. The van der Waals surface area contributed by atoms with Crippen molar-refractivity contribution in [1.82, 2.24) is 4.57 Å². The van der Waals surface area contributed by atoms with Crippen LogP contribution in [0.1, 0.15) is 52.7 Å². The maximum absolute atomic E-state index is 6.53. The summed E-state index contributed by atoms with van der Waals surface area (Å²) < 4.78 is 8.92. The summed E-state index contributed by atoms with van der Waals surface area (Å²) in [6, 6.07) is 89.2. The molecule has 0 atom stereocenters. The maximum Gasteiger partial charge on any atom is 0.136 e. The third kappa shape index (κ3) is 8.07. The van der Waals surface area contributed by atoms with Crippen LogP contribution in [0.5, 0.6) is 0 Å². The van der Waals surface area contributed by atoms with E-state index in [-0.39, 0.29) is 10.8 Å². The molecule has 0 unspecified atom stereocenters. The van der Waals surface area contributed by atoms with E-state index in [0.29, 0.717) is 0 Å². The Labute approximate surface area is 439 Å². The third-order valence-corrected chi connectivity index (χ3v) is 15.3. The lowest BCUT2D eigenvalue weighted by Gasteiger charge is -2.30. The monoisotopic (exact) mass is 966 g/mol. The Balaban J connectivity index is 1.03. The Bertz CT molecular complexity index is 4290. The van der Waals surface area contributed by atoms with Crippen molar-refractivity contribution in [3.8, 4) is 50.2 Å². The highest BCUT2D eigenvalue weighted by Gasteiger charge is 2.25. The van der Waals surface area contributed by atoms with E-state index in [1.54, 1.807) is 0 Å². The van der Waals surface area contributed by atoms with Gasteiger partial charge in [0.25, 0.3) is 0 Å². The molecule has 13 aromatic rings. The van der Waals surface area contributed by atoms with Crippen LogP contribution >= 0.6 is 0 Å². The molecule has 362 valence electrons. The van der Waals surface area contributed by atoms with Crippen LogP contribution < -0.4 is 4.90 Å².